The molecule has 3 rings (SSSR count). The first-order valence-corrected chi connectivity index (χ1v) is 8.95. The second-order valence-electron chi connectivity index (χ2n) is 6.58. The topological polar surface area (TPSA) is 109 Å². The molecule has 1 aromatic carbocycles. The molecule has 0 spiro atoms. The minimum Gasteiger partial charge on any atom is -0.481 e. The molecule has 136 valence electrons. The van der Waals surface area contributed by atoms with Gasteiger partial charge in [0.2, 0.25) is 0 Å². The SMILES string of the molecule is CCCCCc1nc2[nH]c3ccc(C(=O)CCC(=O)O)cc3c2cc1N. The van der Waals surface area contributed by atoms with Gasteiger partial charge in [0, 0.05) is 28.3 Å². The normalized spacial score (nSPS) is 11.3. The molecule has 2 aromatic heterocycles. The summed E-state index contributed by atoms with van der Waals surface area (Å²) in [4.78, 5) is 30.8. The molecule has 0 aliphatic rings. The van der Waals surface area contributed by atoms with E-state index in [1.165, 1.54) is 0 Å². The number of hydrogen-bond donors (Lipinski definition) is 3. The lowest BCUT2D eigenvalue weighted by Gasteiger charge is -2.05. The lowest BCUT2D eigenvalue weighted by molar-refractivity contribution is -0.136. The average Bonchev–Trinajstić information content (AvgIpc) is 2.96. The van der Waals surface area contributed by atoms with Crippen molar-refractivity contribution >= 4 is 39.4 Å². The van der Waals surface area contributed by atoms with E-state index in [0.29, 0.717) is 11.3 Å². The van der Waals surface area contributed by atoms with Crippen molar-refractivity contribution in [2.75, 3.05) is 5.73 Å². The summed E-state index contributed by atoms with van der Waals surface area (Å²) in [5, 5.41) is 10.5. The van der Waals surface area contributed by atoms with Crippen LogP contribution >= 0.6 is 0 Å². The first kappa shape index (κ1) is 17.9. The summed E-state index contributed by atoms with van der Waals surface area (Å²) in [6, 6.07) is 7.25. The van der Waals surface area contributed by atoms with E-state index in [1.54, 1.807) is 12.1 Å². The molecule has 0 fully saturated rings. The molecule has 4 N–H and O–H groups in total. The van der Waals surface area contributed by atoms with Crippen molar-refractivity contribution in [1.29, 1.82) is 0 Å². The Labute approximate surface area is 151 Å². The van der Waals surface area contributed by atoms with E-state index in [0.717, 1.165) is 53.3 Å². The highest BCUT2D eigenvalue weighted by Crippen LogP contribution is 2.29. The standard InChI is InChI=1S/C20H23N3O3/c1-2-3-4-5-17-15(21)11-14-13-10-12(18(24)8-9-19(25)26)6-7-16(13)22-20(14)23-17/h6-7,10-11H,2-5,8-9,21H2,1H3,(H,22,23)(H,25,26). The van der Waals surface area contributed by atoms with E-state index in [2.05, 4.69) is 16.9 Å². The molecule has 0 saturated carbocycles. The number of ketones is 1. The largest absolute Gasteiger partial charge is 0.481 e. The highest BCUT2D eigenvalue weighted by molar-refractivity contribution is 6.10. The number of rotatable bonds is 8. The summed E-state index contributed by atoms with van der Waals surface area (Å²) < 4.78 is 0. The monoisotopic (exact) mass is 353 g/mol. The zero-order valence-corrected chi connectivity index (χ0v) is 14.8. The van der Waals surface area contributed by atoms with Gasteiger partial charge in [0.25, 0.3) is 0 Å². The minimum absolute atomic E-state index is 0.00877. The number of H-pyrrole nitrogens is 1. The Kier molecular flexibility index (Phi) is 5.21. The third-order valence-corrected chi connectivity index (χ3v) is 4.60. The zero-order chi connectivity index (χ0) is 18.7. The third kappa shape index (κ3) is 3.69. The fourth-order valence-electron chi connectivity index (χ4n) is 3.15. The van der Waals surface area contributed by atoms with Crippen LogP contribution in [0.3, 0.4) is 0 Å². The van der Waals surface area contributed by atoms with Crippen LogP contribution in [-0.2, 0) is 11.2 Å². The van der Waals surface area contributed by atoms with E-state index in [4.69, 9.17) is 10.8 Å². The van der Waals surface area contributed by atoms with E-state index < -0.39 is 5.97 Å². The Morgan fingerprint density at radius 2 is 1.96 bits per heavy atom. The number of carboxylic acids is 1. The van der Waals surface area contributed by atoms with Crippen molar-refractivity contribution in [3.63, 3.8) is 0 Å². The minimum atomic E-state index is -0.973. The Morgan fingerprint density at radius 3 is 2.69 bits per heavy atom. The second kappa shape index (κ2) is 7.56. The number of unbranched alkanes of at least 4 members (excludes halogenated alkanes) is 2. The van der Waals surface area contributed by atoms with E-state index in [1.807, 2.05) is 12.1 Å². The highest BCUT2D eigenvalue weighted by atomic mass is 16.4. The van der Waals surface area contributed by atoms with Gasteiger partial charge in [-0.05, 0) is 37.1 Å². The summed E-state index contributed by atoms with van der Waals surface area (Å²) in [6.07, 6.45) is 4.03. The van der Waals surface area contributed by atoms with Gasteiger partial charge in [0.1, 0.15) is 5.65 Å². The number of nitrogens with two attached hydrogens (primary N) is 1. The Balaban J connectivity index is 1.96. The number of fused-ring (bicyclic) bond motifs is 3. The predicted molar refractivity (Wildman–Crippen MR) is 102 cm³/mol. The van der Waals surface area contributed by atoms with Gasteiger partial charge in [0.05, 0.1) is 17.8 Å². The highest BCUT2D eigenvalue weighted by Gasteiger charge is 2.13. The molecular weight excluding hydrogens is 330 g/mol. The van der Waals surface area contributed by atoms with E-state index >= 15 is 0 Å². The number of hydrogen-bond acceptors (Lipinski definition) is 4. The lowest BCUT2D eigenvalue weighted by atomic mass is 10.0. The number of aliphatic carboxylic acids is 1. The molecule has 0 saturated heterocycles. The number of Topliss-reactive ketones (excluding diaryl/α,β-unsaturated/α-hetero) is 1. The number of pyridine rings is 1. The van der Waals surface area contributed by atoms with Crippen LogP contribution in [0.1, 0.15) is 55.1 Å². The number of nitrogens with one attached hydrogen (secondary N) is 1. The number of aromatic amines is 1. The van der Waals surface area contributed by atoms with Crippen LogP contribution in [0.15, 0.2) is 24.3 Å². The van der Waals surface area contributed by atoms with Crippen molar-refractivity contribution in [3.05, 3.63) is 35.5 Å². The molecule has 26 heavy (non-hydrogen) atoms. The van der Waals surface area contributed by atoms with Gasteiger partial charge in [-0.25, -0.2) is 4.98 Å². The average molecular weight is 353 g/mol. The number of aromatic nitrogens is 2. The molecule has 6 nitrogen and oxygen atoms in total. The molecule has 0 bridgehead atoms. The van der Waals surface area contributed by atoms with Crippen LogP contribution in [0.4, 0.5) is 5.69 Å². The Morgan fingerprint density at radius 1 is 1.15 bits per heavy atom. The summed E-state index contributed by atoms with van der Waals surface area (Å²) in [5.74, 6) is -1.15. The smallest absolute Gasteiger partial charge is 0.303 e. The van der Waals surface area contributed by atoms with Crippen molar-refractivity contribution in [2.24, 2.45) is 0 Å². The molecule has 0 amide bonds. The fourth-order valence-corrected chi connectivity index (χ4v) is 3.15. The number of anilines is 1. The van der Waals surface area contributed by atoms with Gasteiger partial charge in [-0.2, -0.15) is 0 Å². The molecule has 0 unspecified atom stereocenters. The number of nitrogen functional groups attached to an aromatic ring is 1. The summed E-state index contributed by atoms with van der Waals surface area (Å²) in [7, 11) is 0. The van der Waals surface area contributed by atoms with Crippen molar-refractivity contribution in [3.8, 4) is 0 Å². The summed E-state index contributed by atoms with van der Waals surface area (Å²) in [6.45, 7) is 2.16. The molecule has 0 aliphatic carbocycles. The third-order valence-electron chi connectivity index (χ3n) is 4.60. The number of carbonyl (C=O) groups is 2. The molecule has 6 heteroatoms. The Bertz CT molecular complexity index is 975. The van der Waals surface area contributed by atoms with Crippen molar-refractivity contribution in [1.82, 2.24) is 9.97 Å². The van der Waals surface area contributed by atoms with Crippen molar-refractivity contribution < 1.29 is 14.7 Å². The molecule has 0 aliphatic heterocycles. The van der Waals surface area contributed by atoms with Gasteiger partial charge >= 0.3 is 5.97 Å². The zero-order valence-electron chi connectivity index (χ0n) is 14.8. The first-order valence-electron chi connectivity index (χ1n) is 8.95. The van der Waals surface area contributed by atoms with Gasteiger partial charge in [0.15, 0.2) is 5.78 Å². The quantitative estimate of drug-likeness (QED) is 0.417. The molecule has 3 aromatic rings. The molecular formula is C20H23N3O3. The van der Waals surface area contributed by atoms with Gasteiger partial charge in [-0.15, -0.1) is 0 Å². The molecule has 0 radical (unpaired) electrons. The van der Waals surface area contributed by atoms with Crippen LogP contribution in [0.25, 0.3) is 21.9 Å². The first-order chi connectivity index (χ1) is 12.5. The maximum absolute atomic E-state index is 12.2. The van der Waals surface area contributed by atoms with Crippen LogP contribution in [0, 0.1) is 0 Å². The van der Waals surface area contributed by atoms with Gasteiger partial charge < -0.3 is 15.8 Å². The lowest BCUT2D eigenvalue weighted by Crippen LogP contribution is -2.03. The summed E-state index contributed by atoms with van der Waals surface area (Å²) >= 11 is 0. The number of carboxylic acid groups (broad SMARTS) is 1. The van der Waals surface area contributed by atoms with E-state index in [-0.39, 0.29) is 18.6 Å². The maximum Gasteiger partial charge on any atom is 0.303 e. The number of nitrogens with zero attached hydrogens (tertiary/aromatic N) is 1. The molecule has 2 heterocycles. The Hall–Kier alpha value is -2.89. The van der Waals surface area contributed by atoms with Crippen molar-refractivity contribution in [2.45, 2.75) is 45.4 Å². The molecule has 0 atom stereocenters. The fraction of sp³-hybridized carbons (Fsp3) is 0.350. The van der Waals surface area contributed by atoms with Crippen LogP contribution < -0.4 is 5.73 Å². The van der Waals surface area contributed by atoms with Crippen LogP contribution in [0.2, 0.25) is 0 Å². The number of aryl methyl sites for hydroxylation is 1. The number of benzene rings is 1. The predicted octanol–water partition coefficient (Wildman–Crippen LogP) is 4.08. The summed E-state index contributed by atoms with van der Waals surface area (Å²) in [5.41, 5.74) is 9.90. The van der Waals surface area contributed by atoms with Crippen LogP contribution in [0.5, 0.6) is 0 Å². The van der Waals surface area contributed by atoms with E-state index in [9.17, 15) is 9.59 Å². The van der Waals surface area contributed by atoms with Gasteiger partial charge in [-0.1, -0.05) is 19.8 Å². The second-order valence-corrected chi connectivity index (χ2v) is 6.58. The van der Waals surface area contributed by atoms with Gasteiger partial charge in [-0.3, -0.25) is 9.59 Å². The maximum atomic E-state index is 12.2. The number of carbonyl (C=O) groups excluding carboxylic acids is 1. The van der Waals surface area contributed by atoms with Crippen LogP contribution in [-0.4, -0.2) is 26.8 Å².